The number of phenolic OH excluding ortho intramolecular Hbond substituents is 1. The van der Waals surface area contributed by atoms with Crippen molar-refractivity contribution in [2.45, 2.75) is 38.0 Å². The molecule has 0 radical (unpaired) electrons. The molecule has 8 heteroatoms. The van der Waals surface area contributed by atoms with Crippen LogP contribution in [-0.2, 0) is 10.2 Å². The summed E-state index contributed by atoms with van der Waals surface area (Å²) in [7, 11) is 2.21. The minimum Gasteiger partial charge on any atom is -0.508 e. The number of hydrogen-bond acceptors (Lipinski definition) is 5. The molecule has 1 saturated heterocycles. The van der Waals surface area contributed by atoms with Crippen molar-refractivity contribution in [1.29, 1.82) is 0 Å². The van der Waals surface area contributed by atoms with Gasteiger partial charge in [0, 0.05) is 12.0 Å². The first kappa shape index (κ1) is 23.7. The van der Waals surface area contributed by atoms with Gasteiger partial charge in [0.25, 0.3) is 0 Å². The molecule has 148 valence electrons. The normalized spacial score (nSPS) is 19.8. The van der Waals surface area contributed by atoms with Crippen molar-refractivity contribution in [3.63, 3.8) is 0 Å². The summed E-state index contributed by atoms with van der Waals surface area (Å²) in [6.45, 7) is 4.29. The molecule has 1 aliphatic rings. The molecule has 0 saturated carbocycles. The third-order valence-electron chi connectivity index (χ3n) is 4.33. The fourth-order valence-electron chi connectivity index (χ4n) is 3.08. The van der Waals surface area contributed by atoms with Crippen molar-refractivity contribution in [3.05, 3.63) is 29.8 Å². The SMILES string of the molecule is CCC1(c2cccc(O)c2)CCCCN(C)C1.NC(=O)O.NCC(=O)O. The molecule has 0 bridgehead atoms. The predicted molar refractivity (Wildman–Crippen MR) is 100 cm³/mol. The second kappa shape index (κ2) is 12.1. The number of amides is 1. The maximum absolute atomic E-state index is 9.68. The van der Waals surface area contributed by atoms with E-state index in [1.165, 1.54) is 31.4 Å². The van der Waals surface area contributed by atoms with Gasteiger partial charge >= 0.3 is 12.1 Å². The van der Waals surface area contributed by atoms with Gasteiger partial charge in [0.2, 0.25) is 0 Å². The molecule has 2 rings (SSSR count). The average Bonchev–Trinajstić information content (AvgIpc) is 2.77. The zero-order valence-corrected chi connectivity index (χ0v) is 15.5. The largest absolute Gasteiger partial charge is 0.508 e. The second-order valence-electron chi connectivity index (χ2n) is 6.32. The van der Waals surface area contributed by atoms with Gasteiger partial charge in [-0.15, -0.1) is 0 Å². The Morgan fingerprint density at radius 3 is 2.31 bits per heavy atom. The Morgan fingerprint density at radius 2 is 1.85 bits per heavy atom. The topological polar surface area (TPSA) is 150 Å². The fourth-order valence-corrected chi connectivity index (χ4v) is 3.08. The van der Waals surface area contributed by atoms with Crippen LogP contribution in [0, 0.1) is 0 Å². The number of likely N-dealkylation sites (N-methyl/N-ethyl adjacent to an activating group) is 1. The number of aromatic hydroxyl groups is 1. The first-order valence-electron chi connectivity index (χ1n) is 8.55. The summed E-state index contributed by atoms with van der Waals surface area (Å²) in [6.07, 6.45) is 3.61. The van der Waals surface area contributed by atoms with Gasteiger partial charge in [-0.1, -0.05) is 25.5 Å². The molecule has 1 aliphatic heterocycles. The lowest BCUT2D eigenvalue weighted by Crippen LogP contribution is -2.37. The molecule has 1 fully saturated rings. The predicted octanol–water partition coefficient (Wildman–Crippen LogP) is 1.81. The van der Waals surface area contributed by atoms with Gasteiger partial charge in [-0.25, -0.2) is 4.79 Å². The lowest BCUT2D eigenvalue weighted by Gasteiger charge is -2.35. The van der Waals surface area contributed by atoms with Crippen molar-refractivity contribution < 1.29 is 24.9 Å². The Morgan fingerprint density at radius 1 is 1.27 bits per heavy atom. The van der Waals surface area contributed by atoms with Crippen molar-refractivity contribution in [2.24, 2.45) is 11.5 Å². The van der Waals surface area contributed by atoms with Gasteiger partial charge in [-0.2, -0.15) is 0 Å². The lowest BCUT2D eigenvalue weighted by atomic mass is 9.74. The summed E-state index contributed by atoms with van der Waals surface area (Å²) in [4.78, 5) is 20.5. The number of phenols is 1. The number of primary amides is 1. The standard InChI is InChI=1S/C15H23NO.C2H5NO2.CH3NO2/c1-3-15(9-4-5-10-16(2)12-15)13-7-6-8-14(17)11-13;3-1-2(4)5;2-1(3)4/h6-8,11,17H,3-5,9-10,12H2,1-2H3;1,3H2,(H,4,5);2H2,(H,3,4). The fraction of sp³-hybridized carbons (Fsp3) is 0.556. The zero-order chi connectivity index (χ0) is 20.2. The van der Waals surface area contributed by atoms with Gasteiger partial charge < -0.3 is 31.7 Å². The monoisotopic (exact) mass is 369 g/mol. The number of nitrogens with two attached hydrogens (primary N) is 2. The third-order valence-corrected chi connectivity index (χ3v) is 4.33. The summed E-state index contributed by atoms with van der Waals surface area (Å²) in [5.41, 5.74) is 10.1. The minimum atomic E-state index is -1.33. The molecule has 1 amide bonds. The number of likely N-dealkylation sites (tertiary alicyclic amines) is 1. The summed E-state index contributed by atoms with van der Waals surface area (Å²) < 4.78 is 0. The number of aliphatic carboxylic acids is 1. The first-order chi connectivity index (χ1) is 12.2. The van der Waals surface area contributed by atoms with Gasteiger partial charge in [0.15, 0.2) is 0 Å². The van der Waals surface area contributed by atoms with E-state index in [4.69, 9.17) is 15.0 Å². The molecule has 0 aliphatic carbocycles. The van der Waals surface area contributed by atoms with Crippen molar-refractivity contribution in [2.75, 3.05) is 26.7 Å². The number of carboxylic acid groups (broad SMARTS) is 2. The van der Waals surface area contributed by atoms with E-state index < -0.39 is 12.1 Å². The Hall–Kier alpha value is -2.32. The van der Waals surface area contributed by atoms with Crippen molar-refractivity contribution >= 4 is 12.1 Å². The summed E-state index contributed by atoms with van der Waals surface area (Å²) in [6, 6.07) is 7.84. The molecule has 1 aromatic rings. The maximum atomic E-state index is 9.68. The van der Waals surface area contributed by atoms with Crippen LogP contribution in [0.3, 0.4) is 0 Å². The van der Waals surface area contributed by atoms with E-state index in [-0.39, 0.29) is 12.0 Å². The Balaban J connectivity index is 0.000000582. The minimum absolute atomic E-state index is 0.226. The molecule has 1 aromatic carbocycles. The van der Waals surface area contributed by atoms with E-state index in [1.807, 2.05) is 12.1 Å². The van der Waals surface area contributed by atoms with Crippen LogP contribution in [0.15, 0.2) is 24.3 Å². The summed E-state index contributed by atoms with van der Waals surface area (Å²) in [5, 5.41) is 24.5. The van der Waals surface area contributed by atoms with E-state index in [9.17, 15) is 9.90 Å². The summed E-state index contributed by atoms with van der Waals surface area (Å²) in [5.74, 6) is -0.577. The average molecular weight is 369 g/mol. The number of rotatable bonds is 3. The molecular weight excluding hydrogens is 338 g/mol. The molecule has 1 unspecified atom stereocenters. The van der Waals surface area contributed by atoms with Crippen LogP contribution >= 0.6 is 0 Å². The number of benzene rings is 1. The highest BCUT2D eigenvalue weighted by atomic mass is 16.4. The number of carbonyl (C=O) groups is 2. The van der Waals surface area contributed by atoms with Crippen molar-refractivity contribution in [3.8, 4) is 5.75 Å². The highest BCUT2D eigenvalue weighted by molar-refractivity contribution is 5.68. The van der Waals surface area contributed by atoms with E-state index >= 15 is 0 Å². The van der Waals surface area contributed by atoms with Gasteiger partial charge in [-0.3, -0.25) is 4.79 Å². The highest BCUT2D eigenvalue weighted by Crippen LogP contribution is 2.37. The quantitative estimate of drug-likeness (QED) is 0.545. The smallest absolute Gasteiger partial charge is 0.402 e. The zero-order valence-electron chi connectivity index (χ0n) is 15.5. The van der Waals surface area contributed by atoms with E-state index in [2.05, 4.69) is 36.4 Å². The van der Waals surface area contributed by atoms with E-state index in [0.717, 1.165) is 13.0 Å². The van der Waals surface area contributed by atoms with Crippen LogP contribution in [0.1, 0.15) is 38.2 Å². The second-order valence-corrected chi connectivity index (χ2v) is 6.32. The molecule has 1 atom stereocenters. The Kier molecular flexibility index (Phi) is 11.0. The molecule has 1 heterocycles. The molecule has 0 aromatic heterocycles. The summed E-state index contributed by atoms with van der Waals surface area (Å²) >= 11 is 0. The van der Waals surface area contributed by atoms with Gasteiger partial charge in [-0.05, 0) is 50.6 Å². The lowest BCUT2D eigenvalue weighted by molar-refractivity contribution is -0.135. The third kappa shape index (κ3) is 9.24. The molecule has 26 heavy (non-hydrogen) atoms. The first-order valence-corrected chi connectivity index (χ1v) is 8.55. The number of nitrogens with zero attached hydrogens (tertiary/aromatic N) is 1. The van der Waals surface area contributed by atoms with Crippen LogP contribution in [0.25, 0.3) is 0 Å². The maximum Gasteiger partial charge on any atom is 0.402 e. The van der Waals surface area contributed by atoms with Crippen LogP contribution in [0.5, 0.6) is 5.75 Å². The molecule has 7 N–H and O–H groups in total. The number of carboxylic acids is 1. The van der Waals surface area contributed by atoms with E-state index in [1.54, 1.807) is 6.07 Å². The van der Waals surface area contributed by atoms with Crippen LogP contribution < -0.4 is 11.5 Å². The van der Waals surface area contributed by atoms with Crippen LogP contribution in [0.4, 0.5) is 4.79 Å². The highest BCUT2D eigenvalue weighted by Gasteiger charge is 2.33. The number of hydrogen-bond donors (Lipinski definition) is 5. The van der Waals surface area contributed by atoms with Crippen LogP contribution in [0.2, 0.25) is 0 Å². The molecular formula is C18H31N3O5. The Bertz CT molecular complexity index is 564. The Labute approximate surface area is 154 Å². The molecule has 0 spiro atoms. The van der Waals surface area contributed by atoms with E-state index in [0.29, 0.717) is 5.75 Å². The van der Waals surface area contributed by atoms with Gasteiger partial charge in [0.1, 0.15) is 5.75 Å². The van der Waals surface area contributed by atoms with Crippen LogP contribution in [-0.4, -0.2) is 59.0 Å². The van der Waals surface area contributed by atoms with Crippen molar-refractivity contribution in [1.82, 2.24) is 4.90 Å². The van der Waals surface area contributed by atoms with Gasteiger partial charge in [0.05, 0.1) is 6.54 Å². The molecule has 8 nitrogen and oxygen atoms in total.